The second-order valence-corrected chi connectivity index (χ2v) is 4.44. The normalized spacial score (nSPS) is 10.2. The third kappa shape index (κ3) is 3.43. The molecule has 7 nitrogen and oxygen atoms in total. The number of nitrogens with zero attached hydrogens (tertiary/aromatic N) is 2. The van der Waals surface area contributed by atoms with Crippen molar-refractivity contribution in [2.24, 2.45) is 0 Å². The number of carbonyl (C=O) groups is 2. The van der Waals surface area contributed by atoms with Crippen molar-refractivity contribution in [3.8, 4) is 0 Å². The minimum Gasteiger partial charge on any atom is -0.468 e. The Bertz CT molecular complexity index is 565. The fourth-order valence-electron chi connectivity index (χ4n) is 1.78. The number of nitrogens with one attached hydrogen (secondary N) is 1. The van der Waals surface area contributed by atoms with Crippen LogP contribution in [0.2, 0.25) is 0 Å². The lowest BCUT2D eigenvalue weighted by Crippen LogP contribution is -2.40. The Morgan fingerprint density at radius 3 is 2.55 bits per heavy atom. The van der Waals surface area contributed by atoms with Crippen molar-refractivity contribution in [1.82, 2.24) is 15.1 Å². The van der Waals surface area contributed by atoms with Crippen LogP contribution in [0.25, 0.3) is 0 Å². The van der Waals surface area contributed by atoms with E-state index in [2.05, 4.69) is 14.9 Å². The van der Waals surface area contributed by atoms with Gasteiger partial charge >= 0.3 is 5.97 Å². The Morgan fingerprint density at radius 2 is 2.00 bits per heavy atom. The van der Waals surface area contributed by atoms with Crippen molar-refractivity contribution in [1.29, 1.82) is 0 Å². The van der Waals surface area contributed by atoms with Gasteiger partial charge in [0.2, 0.25) is 0 Å². The molecule has 7 heteroatoms. The topological polar surface area (TPSA) is 92.4 Å². The average Bonchev–Trinajstić information content (AvgIpc) is 2.42. The zero-order valence-electron chi connectivity index (χ0n) is 12.1. The van der Waals surface area contributed by atoms with E-state index in [4.69, 9.17) is 0 Å². The zero-order chi connectivity index (χ0) is 15.3. The van der Waals surface area contributed by atoms with Crippen LogP contribution in [0.3, 0.4) is 0 Å². The van der Waals surface area contributed by atoms with Crippen LogP contribution in [0.15, 0.2) is 4.79 Å². The van der Waals surface area contributed by atoms with Crippen LogP contribution in [0.4, 0.5) is 0 Å². The number of carbonyl (C=O) groups excluding carboxylic acids is 2. The van der Waals surface area contributed by atoms with Gasteiger partial charge in [0, 0.05) is 6.54 Å². The van der Waals surface area contributed by atoms with Gasteiger partial charge < -0.3 is 9.64 Å². The van der Waals surface area contributed by atoms with Gasteiger partial charge in [0.25, 0.3) is 11.5 Å². The molecule has 0 aliphatic rings. The van der Waals surface area contributed by atoms with Crippen LogP contribution < -0.4 is 5.56 Å². The molecule has 0 spiro atoms. The summed E-state index contributed by atoms with van der Waals surface area (Å²) in [7, 11) is 1.26. The summed E-state index contributed by atoms with van der Waals surface area (Å²) in [5.74, 6) is -1.01. The van der Waals surface area contributed by atoms with Gasteiger partial charge in [-0.2, -0.15) is 5.10 Å². The Morgan fingerprint density at radius 1 is 1.35 bits per heavy atom. The van der Waals surface area contributed by atoms with Crippen molar-refractivity contribution >= 4 is 11.9 Å². The van der Waals surface area contributed by atoms with Crippen LogP contribution in [-0.4, -0.2) is 47.2 Å². The molecule has 0 bridgehead atoms. The fourth-order valence-corrected chi connectivity index (χ4v) is 1.78. The highest BCUT2D eigenvalue weighted by Crippen LogP contribution is 2.09. The largest absolute Gasteiger partial charge is 0.468 e. The number of amides is 1. The molecular weight excluding hydrogens is 262 g/mol. The number of rotatable bonds is 5. The van der Waals surface area contributed by atoms with Crippen molar-refractivity contribution in [2.45, 2.75) is 27.2 Å². The number of esters is 1. The van der Waals surface area contributed by atoms with E-state index in [1.54, 1.807) is 13.8 Å². The summed E-state index contributed by atoms with van der Waals surface area (Å²) >= 11 is 0. The van der Waals surface area contributed by atoms with E-state index in [-0.39, 0.29) is 12.1 Å². The van der Waals surface area contributed by atoms with E-state index >= 15 is 0 Å². The van der Waals surface area contributed by atoms with E-state index < -0.39 is 17.4 Å². The molecule has 0 saturated carbocycles. The maximum Gasteiger partial charge on any atom is 0.325 e. The van der Waals surface area contributed by atoms with Crippen LogP contribution in [-0.2, 0) is 9.53 Å². The molecule has 0 unspecified atom stereocenters. The smallest absolute Gasteiger partial charge is 0.325 e. The van der Waals surface area contributed by atoms with E-state index in [1.807, 2.05) is 6.92 Å². The van der Waals surface area contributed by atoms with Crippen LogP contribution in [0.1, 0.15) is 35.0 Å². The molecule has 1 aromatic heterocycles. The van der Waals surface area contributed by atoms with Crippen molar-refractivity contribution < 1.29 is 14.3 Å². The first kappa shape index (κ1) is 15.9. The number of hydrogen-bond acceptors (Lipinski definition) is 5. The second-order valence-electron chi connectivity index (χ2n) is 4.44. The molecule has 20 heavy (non-hydrogen) atoms. The highest BCUT2D eigenvalue weighted by Gasteiger charge is 2.23. The first-order valence-electron chi connectivity index (χ1n) is 6.34. The molecule has 0 aromatic carbocycles. The van der Waals surface area contributed by atoms with Crippen molar-refractivity contribution in [2.75, 3.05) is 20.2 Å². The SMILES string of the molecule is CCCN(CC(=O)OC)C(=O)c1c(C)c(C)n[nH]c1=O. The van der Waals surface area contributed by atoms with E-state index in [1.165, 1.54) is 12.0 Å². The highest BCUT2D eigenvalue weighted by molar-refractivity contribution is 5.97. The Balaban J connectivity index is 3.16. The van der Waals surface area contributed by atoms with E-state index in [0.717, 1.165) is 0 Å². The summed E-state index contributed by atoms with van der Waals surface area (Å²) in [6, 6.07) is 0. The predicted octanol–water partition coefficient (Wildman–Crippen LogP) is 0.412. The minimum atomic E-state index is -0.552. The number of ether oxygens (including phenoxy) is 1. The molecule has 1 amide bonds. The lowest BCUT2D eigenvalue weighted by Gasteiger charge is -2.21. The summed E-state index contributed by atoms with van der Waals surface area (Å²) in [4.78, 5) is 36.9. The fraction of sp³-hybridized carbons (Fsp3) is 0.538. The zero-order valence-corrected chi connectivity index (χ0v) is 12.1. The van der Waals surface area contributed by atoms with Gasteiger partial charge in [-0.3, -0.25) is 14.4 Å². The maximum absolute atomic E-state index is 12.5. The third-order valence-electron chi connectivity index (χ3n) is 3.01. The third-order valence-corrected chi connectivity index (χ3v) is 3.01. The number of H-pyrrole nitrogens is 1. The van der Waals surface area contributed by atoms with Crippen molar-refractivity contribution in [3.63, 3.8) is 0 Å². The molecule has 0 radical (unpaired) electrons. The van der Waals surface area contributed by atoms with Gasteiger partial charge in [0.1, 0.15) is 12.1 Å². The molecule has 0 saturated heterocycles. The number of aryl methyl sites for hydroxylation is 1. The Hall–Kier alpha value is -2.18. The van der Waals surface area contributed by atoms with E-state index in [9.17, 15) is 14.4 Å². The van der Waals surface area contributed by atoms with Gasteiger partial charge in [0.05, 0.1) is 12.8 Å². The van der Waals surface area contributed by atoms with Crippen molar-refractivity contribution in [3.05, 3.63) is 27.2 Å². The van der Waals surface area contributed by atoms with Gasteiger partial charge in [-0.25, -0.2) is 5.10 Å². The summed E-state index contributed by atoms with van der Waals surface area (Å²) in [6.45, 7) is 5.43. The summed E-state index contributed by atoms with van der Waals surface area (Å²) in [6.07, 6.45) is 0.670. The van der Waals surface area contributed by atoms with Crippen LogP contribution in [0, 0.1) is 13.8 Å². The first-order chi connectivity index (χ1) is 9.42. The lowest BCUT2D eigenvalue weighted by atomic mass is 10.1. The molecule has 1 rings (SSSR count). The highest BCUT2D eigenvalue weighted by atomic mass is 16.5. The minimum absolute atomic E-state index is 0.0230. The molecule has 1 heterocycles. The second kappa shape index (κ2) is 6.83. The Kier molecular flexibility index (Phi) is 5.42. The molecule has 1 aromatic rings. The van der Waals surface area contributed by atoms with Crippen LogP contribution in [0.5, 0.6) is 0 Å². The lowest BCUT2D eigenvalue weighted by molar-refractivity contribution is -0.141. The number of methoxy groups -OCH3 is 1. The number of aromatic nitrogens is 2. The summed E-state index contributed by atoms with van der Waals surface area (Å²) < 4.78 is 4.57. The quantitative estimate of drug-likeness (QED) is 0.789. The molecule has 0 atom stereocenters. The number of hydrogen-bond donors (Lipinski definition) is 1. The van der Waals surface area contributed by atoms with Gasteiger partial charge in [-0.1, -0.05) is 6.92 Å². The molecule has 0 fully saturated rings. The van der Waals surface area contributed by atoms with Gasteiger partial charge in [0.15, 0.2) is 0 Å². The standard InChI is InChI=1S/C13H19N3O4/c1-5-6-16(7-10(17)20-4)13(19)11-8(2)9(3)14-15-12(11)18/h5-7H2,1-4H3,(H,15,18). The molecular formula is C13H19N3O4. The van der Waals surface area contributed by atoms with Gasteiger partial charge in [-0.15, -0.1) is 0 Å². The molecule has 0 aliphatic heterocycles. The first-order valence-corrected chi connectivity index (χ1v) is 6.34. The average molecular weight is 281 g/mol. The monoisotopic (exact) mass is 281 g/mol. The van der Waals surface area contributed by atoms with Crippen LogP contribution >= 0.6 is 0 Å². The maximum atomic E-state index is 12.5. The summed E-state index contributed by atoms with van der Waals surface area (Å²) in [5.41, 5.74) is 0.561. The summed E-state index contributed by atoms with van der Waals surface area (Å²) in [5, 5.41) is 6.09. The van der Waals surface area contributed by atoms with E-state index in [0.29, 0.717) is 24.2 Å². The molecule has 1 N–H and O–H groups in total. The van der Waals surface area contributed by atoms with Gasteiger partial charge in [-0.05, 0) is 25.8 Å². The Labute approximate surface area is 116 Å². The number of aromatic amines is 1. The predicted molar refractivity (Wildman–Crippen MR) is 72.5 cm³/mol. The molecule has 110 valence electrons. The molecule has 0 aliphatic carbocycles.